The van der Waals surface area contributed by atoms with Crippen molar-refractivity contribution in [3.05, 3.63) is 26.3 Å². The zero-order valence-corrected chi connectivity index (χ0v) is 14.9. The number of nitrogens with zero attached hydrogens (tertiary/aromatic N) is 1. The molecule has 3 rings (SSSR count). The number of thioether (sulfide) groups is 1. The van der Waals surface area contributed by atoms with Gasteiger partial charge in [0, 0.05) is 17.4 Å². The van der Waals surface area contributed by atoms with Gasteiger partial charge in [0.15, 0.2) is 4.77 Å². The number of nitrogens with one attached hydrogen (secondary N) is 1. The molecule has 2 aromatic rings. The number of fused-ring (bicyclic) bond motifs is 1. The van der Waals surface area contributed by atoms with Crippen LogP contribution in [0.25, 0.3) is 11.0 Å². The van der Waals surface area contributed by atoms with Crippen molar-refractivity contribution >= 4 is 57.6 Å². The van der Waals surface area contributed by atoms with Crippen LogP contribution in [0.1, 0.15) is 32.2 Å². The number of imidazole rings is 1. The third-order valence-electron chi connectivity index (χ3n) is 3.88. The number of rotatable bonds is 3. The van der Waals surface area contributed by atoms with E-state index in [0.717, 1.165) is 29.6 Å². The highest BCUT2D eigenvalue weighted by atomic mass is 127. The van der Waals surface area contributed by atoms with Gasteiger partial charge in [0.05, 0.1) is 14.6 Å². The normalized spacial score (nSPS) is 22.8. The molecule has 1 aromatic carbocycles. The predicted octanol–water partition coefficient (Wildman–Crippen LogP) is 5.29. The average molecular weight is 422 g/mol. The fourth-order valence-electron chi connectivity index (χ4n) is 3.02. The molecule has 0 bridgehead atoms. The molecule has 2 atom stereocenters. The van der Waals surface area contributed by atoms with Gasteiger partial charge in [-0.1, -0.05) is 6.92 Å². The number of benzene rings is 1. The quantitative estimate of drug-likeness (QED) is 0.536. The summed E-state index contributed by atoms with van der Waals surface area (Å²) in [5, 5.41) is 0.713. The van der Waals surface area contributed by atoms with E-state index in [1.54, 1.807) is 6.07 Å². The van der Waals surface area contributed by atoms with Gasteiger partial charge in [-0.25, -0.2) is 4.39 Å². The number of halogens is 2. The first-order valence-corrected chi connectivity index (χ1v) is 9.34. The largest absolute Gasteiger partial charge is 0.331 e. The van der Waals surface area contributed by atoms with Crippen LogP contribution in [0.15, 0.2) is 12.1 Å². The number of aromatic amines is 1. The monoisotopic (exact) mass is 422 g/mol. The number of aromatic nitrogens is 2. The third kappa shape index (κ3) is 2.66. The van der Waals surface area contributed by atoms with Gasteiger partial charge in [-0.15, -0.1) is 0 Å². The summed E-state index contributed by atoms with van der Waals surface area (Å²) in [6, 6.07) is 3.86. The van der Waals surface area contributed by atoms with Crippen LogP contribution in [-0.4, -0.2) is 20.6 Å². The van der Waals surface area contributed by atoms with E-state index in [4.69, 9.17) is 12.2 Å². The Bertz CT molecular complexity index is 694. The number of hydrogen-bond donors (Lipinski definition) is 1. The zero-order valence-electron chi connectivity index (χ0n) is 11.2. The van der Waals surface area contributed by atoms with Gasteiger partial charge >= 0.3 is 0 Å². The van der Waals surface area contributed by atoms with Gasteiger partial charge in [-0.3, -0.25) is 0 Å². The van der Waals surface area contributed by atoms with Crippen LogP contribution in [0.3, 0.4) is 0 Å². The van der Waals surface area contributed by atoms with Gasteiger partial charge in [0.2, 0.25) is 0 Å². The van der Waals surface area contributed by atoms with Gasteiger partial charge in [-0.05, 0) is 65.9 Å². The highest BCUT2D eigenvalue weighted by Gasteiger charge is 2.27. The molecule has 1 heterocycles. The molecule has 0 saturated heterocycles. The molecule has 1 saturated carbocycles. The van der Waals surface area contributed by atoms with Crippen LogP contribution in [0.4, 0.5) is 4.39 Å². The summed E-state index contributed by atoms with van der Waals surface area (Å²) in [6.07, 6.45) is 3.49. The van der Waals surface area contributed by atoms with Crippen LogP contribution in [-0.2, 0) is 0 Å². The Morgan fingerprint density at radius 1 is 1.50 bits per heavy atom. The number of H-pyrrole nitrogens is 1. The van der Waals surface area contributed by atoms with Crippen LogP contribution >= 0.6 is 46.6 Å². The molecule has 0 spiro atoms. The summed E-state index contributed by atoms with van der Waals surface area (Å²) in [7, 11) is 0. The van der Waals surface area contributed by atoms with Gasteiger partial charge in [0.1, 0.15) is 5.82 Å². The lowest BCUT2D eigenvalue weighted by atomic mass is 10.2. The Morgan fingerprint density at radius 3 is 3.05 bits per heavy atom. The Labute approximate surface area is 140 Å². The van der Waals surface area contributed by atoms with E-state index in [1.165, 1.54) is 6.42 Å². The van der Waals surface area contributed by atoms with Crippen molar-refractivity contribution in [1.82, 2.24) is 9.55 Å². The van der Waals surface area contributed by atoms with E-state index in [-0.39, 0.29) is 5.82 Å². The van der Waals surface area contributed by atoms with E-state index in [9.17, 15) is 4.39 Å². The fraction of sp³-hybridized carbons (Fsp3) is 0.500. The summed E-state index contributed by atoms with van der Waals surface area (Å²) >= 11 is 9.49. The van der Waals surface area contributed by atoms with E-state index in [2.05, 4.69) is 16.5 Å². The van der Waals surface area contributed by atoms with Crippen molar-refractivity contribution in [1.29, 1.82) is 0 Å². The molecule has 2 unspecified atom stereocenters. The van der Waals surface area contributed by atoms with Crippen molar-refractivity contribution in [2.75, 3.05) is 5.75 Å². The molecule has 0 aliphatic heterocycles. The minimum atomic E-state index is -0.168. The molecule has 2 nitrogen and oxygen atoms in total. The van der Waals surface area contributed by atoms with Crippen molar-refractivity contribution in [3.8, 4) is 0 Å². The van der Waals surface area contributed by atoms with Crippen molar-refractivity contribution in [2.24, 2.45) is 0 Å². The maximum Gasteiger partial charge on any atom is 0.178 e. The van der Waals surface area contributed by atoms with E-state index in [1.807, 2.05) is 40.4 Å². The second-order valence-electron chi connectivity index (χ2n) is 5.13. The molecular formula is C14H16FIN2S2. The predicted molar refractivity (Wildman–Crippen MR) is 94.6 cm³/mol. The molecule has 108 valence electrons. The SMILES string of the molecule is CCSC1CCC(n2c(=S)[nH]c3cc(I)c(F)cc32)C1. The maximum atomic E-state index is 13.8. The molecule has 0 amide bonds. The smallest absolute Gasteiger partial charge is 0.178 e. The van der Waals surface area contributed by atoms with Crippen LogP contribution in [0, 0.1) is 14.2 Å². The van der Waals surface area contributed by atoms with Crippen LogP contribution in [0.5, 0.6) is 0 Å². The first-order valence-electron chi connectivity index (χ1n) is 6.81. The van der Waals surface area contributed by atoms with Gasteiger partial charge in [-0.2, -0.15) is 11.8 Å². The van der Waals surface area contributed by atoms with Crippen LogP contribution < -0.4 is 0 Å². The Morgan fingerprint density at radius 2 is 2.30 bits per heavy atom. The van der Waals surface area contributed by atoms with Crippen molar-refractivity contribution in [3.63, 3.8) is 0 Å². The molecule has 20 heavy (non-hydrogen) atoms. The van der Waals surface area contributed by atoms with Crippen molar-refractivity contribution < 1.29 is 4.39 Å². The van der Waals surface area contributed by atoms with Gasteiger partial charge in [0.25, 0.3) is 0 Å². The maximum absolute atomic E-state index is 13.8. The zero-order chi connectivity index (χ0) is 14.3. The summed E-state index contributed by atoms with van der Waals surface area (Å²) in [5.74, 6) is 0.988. The minimum Gasteiger partial charge on any atom is -0.331 e. The lowest BCUT2D eigenvalue weighted by Gasteiger charge is -2.14. The fourth-order valence-corrected chi connectivity index (χ4v) is 4.98. The lowest BCUT2D eigenvalue weighted by Crippen LogP contribution is -2.06. The molecule has 1 N–H and O–H groups in total. The molecule has 1 fully saturated rings. The Kier molecular flexibility index (Phi) is 4.42. The van der Waals surface area contributed by atoms with Crippen LogP contribution in [0.2, 0.25) is 0 Å². The molecule has 1 aromatic heterocycles. The second kappa shape index (κ2) is 5.96. The number of hydrogen-bond acceptors (Lipinski definition) is 2. The van der Waals surface area contributed by atoms with E-state index < -0.39 is 0 Å². The summed E-state index contributed by atoms with van der Waals surface area (Å²) in [4.78, 5) is 3.22. The molecule has 1 aliphatic carbocycles. The first kappa shape index (κ1) is 14.8. The second-order valence-corrected chi connectivity index (χ2v) is 8.25. The highest BCUT2D eigenvalue weighted by molar-refractivity contribution is 14.1. The van der Waals surface area contributed by atoms with Crippen molar-refractivity contribution in [2.45, 2.75) is 37.5 Å². The molecule has 0 radical (unpaired) electrons. The molecular weight excluding hydrogens is 406 g/mol. The first-order chi connectivity index (χ1) is 9.60. The third-order valence-corrected chi connectivity index (χ3v) is 6.24. The molecule has 6 heteroatoms. The molecule has 1 aliphatic rings. The van der Waals surface area contributed by atoms with E-state index >= 15 is 0 Å². The summed E-state index contributed by atoms with van der Waals surface area (Å²) in [6.45, 7) is 2.20. The standard InChI is InChI=1S/C14H16FIN2S2/c1-2-20-9-4-3-8(5-9)18-13-6-10(15)11(16)7-12(13)17-14(18)19/h6-9H,2-5H2,1H3,(H,17,19). The minimum absolute atomic E-state index is 0.168. The highest BCUT2D eigenvalue weighted by Crippen LogP contribution is 2.38. The van der Waals surface area contributed by atoms with Gasteiger partial charge < -0.3 is 9.55 Å². The summed E-state index contributed by atoms with van der Waals surface area (Å²) in [5.41, 5.74) is 1.84. The summed E-state index contributed by atoms with van der Waals surface area (Å²) < 4.78 is 17.3. The average Bonchev–Trinajstić information content (AvgIpc) is 2.95. The lowest BCUT2D eigenvalue weighted by molar-refractivity contribution is 0.526. The topological polar surface area (TPSA) is 20.7 Å². The Hall–Kier alpha value is -0.0800. The Balaban J connectivity index is 2.02. The van der Waals surface area contributed by atoms with E-state index in [0.29, 0.717) is 19.6 Å².